The predicted molar refractivity (Wildman–Crippen MR) is 79.8 cm³/mol. The van der Waals surface area contributed by atoms with Crippen LogP contribution in [0.25, 0.3) is 0 Å². The number of amides is 1. The van der Waals surface area contributed by atoms with Crippen LogP contribution in [0, 0.1) is 27.7 Å². The van der Waals surface area contributed by atoms with Gasteiger partial charge in [0.2, 0.25) is 5.91 Å². The first-order chi connectivity index (χ1) is 8.94. The molecule has 2 aromatic rings. The van der Waals surface area contributed by atoms with Gasteiger partial charge in [-0.2, -0.15) is 0 Å². The summed E-state index contributed by atoms with van der Waals surface area (Å²) in [5.74, 6) is 0.0109. The lowest BCUT2D eigenvalue weighted by Crippen LogP contribution is -2.14. The van der Waals surface area contributed by atoms with Crippen molar-refractivity contribution in [3.8, 4) is 0 Å². The van der Waals surface area contributed by atoms with Crippen molar-refractivity contribution in [2.45, 2.75) is 34.1 Å². The van der Waals surface area contributed by atoms with E-state index in [4.69, 9.17) is 0 Å². The zero-order valence-corrected chi connectivity index (χ0v) is 12.5. The molecule has 2 rings (SSSR count). The molecule has 0 bridgehead atoms. The Morgan fingerprint density at radius 1 is 1.16 bits per heavy atom. The summed E-state index contributed by atoms with van der Waals surface area (Å²) in [4.78, 5) is 17.4. The van der Waals surface area contributed by atoms with Crippen LogP contribution in [0.1, 0.15) is 26.7 Å². The topological polar surface area (TPSA) is 42.0 Å². The second-order valence-electron chi connectivity index (χ2n) is 4.84. The van der Waals surface area contributed by atoms with Gasteiger partial charge in [-0.1, -0.05) is 6.07 Å². The molecule has 0 saturated heterocycles. The Morgan fingerprint density at radius 3 is 2.32 bits per heavy atom. The lowest BCUT2D eigenvalue weighted by molar-refractivity contribution is -0.115. The number of nitrogens with one attached hydrogen (secondary N) is 1. The first kappa shape index (κ1) is 13.7. The number of benzene rings is 1. The minimum Gasteiger partial charge on any atom is -0.326 e. The molecule has 0 spiro atoms. The SMILES string of the molecule is Cc1cc(C)cc(NC(=O)Cc2sc(C)nc2C)c1. The Morgan fingerprint density at radius 2 is 1.79 bits per heavy atom. The standard InChI is InChI=1S/C15H18N2OS/c1-9-5-10(2)7-13(6-9)17-15(18)8-14-11(3)16-12(4)19-14/h5-7H,8H2,1-4H3,(H,17,18). The maximum atomic E-state index is 12.0. The summed E-state index contributed by atoms with van der Waals surface area (Å²) in [6.45, 7) is 7.96. The van der Waals surface area contributed by atoms with E-state index in [-0.39, 0.29) is 5.91 Å². The summed E-state index contributed by atoms with van der Waals surface area (Å²) in [5.41, 5.74) is 4.12. The van der Waals surface area contributed by atoms with Crippen molar-refractivity contribution in [2.24, 2.45) is 0 Å². The van der Waals surface area contributed by atoms with Crippen LogP contribution in [0.4, 0.5) is 5.69 Å². The molecular formula is C15H18N2OS. The molecule has 0 fully saturated rings. The van der Waals surface area contributed by atoms with Gasteiger partial charge in [0.05, 0.1) is 17.1 Å². The van der Waals surface area contributed by atoms with Crippen LogP contribution in [0.3, 0.4) is 0 Å². The average Bonchev–Trinajstić information content (AvgIpc) is 2.55. The molecule has 1 N–H and O–H groups in total. The van der Waals surface area contributed by atoms with Crippen LogP contribution in [-0.4, -0.2) is 10.9 Å². The van der Waals surface area contributed by atoms with E-state index in [0.29, 0.717) is 6.42 Å². The number of anilines is 1. The molecule has 0 atom stereocenters. The number of rotatable bonds is 3. The van der Waals surface area contributed by atoms with E-state index < -0.39 is 0 Å². The van der Waals surface area contributed by atoms with Crippen molar-refractivity contribution in [1.82, 2.24) is 4.98 Å². The third kappa shape index (κ3) is 3.64. The fourth-order valence-corrected chi connectivity index (χ4v) is 3.07. The summed E-state index contributed by atoms with van der Waals surface area (Å²) in [7, 11) is 0. The van der Waals surface area contributed by atoms with Crippen molar-refractivity contribution in [1.29, 1.82) is 0 Å². The van der Waals surface area contributed by atoms with Crippen molar-refractivity contribution in [3.05, 3.63) is 44.9 Å². The molecule has 1 aromatic carbocycles. The summed E-state index contributed by atoms with van der Waals surface area (Å²) in [6.07, 6.45) is 0.393. The third-order valence-electron chi connectivity index (χ3n) is 2.83. The van der Waals surface area contributed by atoms with E-state index in [9.17, 15) is 4.79 Å². The Balaban J connectivity index is 2.07. The van der Waals surface area contributed by atoms with Crippen LogP contribution >= 0.6 is 11.3 Å². The summed E-state index contributed by atoms with van der Waals surface area (Å²) >= 11 is 1.59. The predicted octanol–water partition coefficient (Wildman–Crippen LogP) is 3.56. The molecule has 1 amide bonds. The second kappa shape index (κ2) is 5.53. The molecule has 100 valence electrons. The van der Waals surface area contributed by atoms with E-state index in [1.807, 2.05) is 39.8 Å². The highest BCUT2D eigenvalue weighted by molar-refractivity contribution is 7.11. The molecule has 0 aliphatic rings. The highest BCUT2D eigenvalue weighted by Crippen LogP contribution is 2.19. The van der Waals surface area contributed by atoms with Gasteiger partial charge in [0.15, 0.2) is 0 Å². The van der Waals surface area contributed by atoms with E-state index in [1.54, 1.807) is 11.3 Å². The highest BCUT2D eigenvalue weighted by Gasteiger charge is 2.10. The Kier molecular flexibility index (Phi) is 4.00. The number of carbonyl (C=O) groups is 1. The molecule has 4 heteroatoms. The molecule has 0 radical (unpaired) electrons. The zero-order chi connectivity index (χ0) is 14.0. The lowest BCUT2D eigenvalue weighted by atomic mass is 10.1. The van der Waals surface area contributed by atoms with Crippen molar-refractivity contribution in [2.75, 3.05) is 5.32 Å². The molecular weight excluding hydrogens is 256 g/mol. The van der Waals surface area contributed by atoms with Crippen LogP contribution in [0.5, 0.6) is 0 Å². The first-order valence-corrected chi connectivity index (χ1v) is 7.07. The van der Waals surface area contributed by atoms with Gasteiger partial charge in [0.25, 0.3) is 0 Å². The molecule has 0 aliphatic heterocycles. The van der Waals surface area contributed by atoms with Crippen LogP contribution in [0.2, 0.25) is 0 Å². The number of aryl methyl sites for hydroxylation is 4. The molecule has 0 aliphatic carbocycles. The lowest BCUT2D eigenvalue weighted by Gasteiger charge is -2.07. The van der Waals surface area contributed by atoms with Gasteiger partial charge in [-0.25, -0.2) is 4.98 Å². The normalized spacial score (nSPS) is 10.5. The van der Waals surface area contributed by atoms with E-state index >= 15 is 0 Å². The molecule has 0 unspecified atom stereocenters. The van der Waals surface area contributed by atoms with Crippen molar-refractivity contribution in [3.63, 3.8) is 0 Å². The maximum Gasteiger partial charge on any atom is 0.229 e. The third-order valence-corrected chi connectivity index (χ3v) is 3.90. The van der Waals surface area contributed by atoms with Crippen LogP contribution in [-0.2, 0) is 11.2 Å². The van der Waals surface area contributed by atoms with Gasteiger partial charge >= 0.3 is 0 Å². The quantitative estimate of drug-likeness (QED) is 0.930. The van der Waals surface area contributed by atoms with E-state index in [1.165, 1.54) is 0 Å². The smallest absolute Gasteiger partial charge is 0.229 e. The molecule has 3 nitrogen and oxygen atoms in total. The average molecular weight is 274 g/mol. The molecule has 0 saturated carbocycles. The Hall–Kier alpha value is -1.68. The van der Waals surface area contributed by atoms with Gasteiger partial charge in [0, 0.05) is 10.6 Å². The summed E-state index contributed by atoms with van der Waals surface area (Å²) in [5, 5.41) is 3.95. The maximum absolute atomic E-state index is 12.0. The summed E-state index contributed by atoms with van der Waals surface area (Å²) in [6, 6.07) is 6.05. The number of carbonyl (C=O) groups excluding carboxylic acids is 1. The van der Waals surface area contributed by atoms with Gasteiger partial charge in [-0.3, -0.25) is 4.79 Å². The van der Waals surface area contributed by atoms with Gasteiger partial charge in [0.1, 0.15) is 0 Å². The fourth-order valence-electron chi connectivity index (χ4n) is 2.14. The fraction of sp³-hybridized carbons (Fsp3) is 0.333. The van der Waals surface area contributed by atoms with E-state index in [2.05, 4.69) is 16.4 Å². The van der Waals surface area contributed by atoms with Gasteiger partial charge < -0.3 is 5.32 Å². The van der Waals surface area contributed by atoms with Gasteiger partial charge in [-0.05, 0) is 51.0 Å². The highest BCUT2D eigenvalue weighted by atomic mass is 32.1. The van der Waals surface area contributed by atoms with Crippen molar-refractivity contribution < 1.29 is 4.79 Å². The van der Waals surface area contributed by atoms with Crippen LogP contribution in [0.15, 0.2) is 18.2 Å². The number of hydrogen-bond acceptors (Lipinski definition) is 3. The van der Waals surface area contributed by atoms with E-state index in [0.717, 1.165) is 32.4 Å². The first-order valence-electron chi connectivity index (χ1n) is 6.25. The minimum atomic E-state index is 0.0109. The summed E-state index contributed by atoms with van der Waals surface area (Å²) < 4.78 is 0. The number of thiazole rings is 1. The van der Waals surface area contributed by atoms with Gasteiger partial charge in [-0.15, -0.1) is 11.3 Å². The van der Waals surface area contributed by atoms with Crippen molar-refractivity contribution >= 4 is 22.9 Å². The largest absolute Gasteiger partial charge is 0.326 e. The number of hydrogen-bond donors (Lipinski definition) is 1. The minimum absolute atomic E-state index is 0.0109. The Labute approximate surface area is 117 Å². The number of aromatic nitrogens is 1. The Bertz CT molecular complexity index is 596. The second-order valence-corrected chi connectivity index (χ2v) is 6.13. The monoisotopic (exact) mass is 274 g/mol. The zero-order valence-electron chi connectivity index (χ0n) is 11.7. The number of nitrogens with zero attached hydrogens (tertiary/aromatic N) is 1. The molecule has 1 heterocycles. The molecule has 19 heavy (non-hydrogen) atoms. The van der Waals surface area contributed by atoms with Crippen LogP contribution < -0.4 is 5.32 Å². The molecule has 1 aromatic heterocycles.